The summed E-state index contributed by atoms with van der Waals surface area (Å²) in [5.41, 5.74) is -2.04. The second-order valence-corrected chi connectivity index (χ2v) is 4.45. The van der Waals surface area contributed by atoms with Crippen molar-refractivity contribution in [3.05, 3.63) is 25.3 Å². The highest BCUT2D eigenvalue weighted by molar-refractivity contribution is 6.18. The summed E-state index contributed by atoms with van der Waals surface area (Å²) in [5.74, 6) is -1.39. The summed E-state index contributed by atoms with van der Waals surface area (Å²) in [7, 11) is 5.33. The van der Waals surface area contributed by atoms with Crippen LogP contribution in [0.5, 0.6) is 0 Å². The van der Waals surface area contributed by atoms with Crippen LogP contribution in [0.25, 0.3) is 0 Å². The van der Waals surface area contributed by atoms with E-state index in [9.17, 15) is 14.7 Å². The van der Waals surface area contributed by atoms with Crippen molar-refractivity contribution in [1.29, 1.82) is 0 Å². The Morgan fingerprint density at radius 3 is 1.73 bits per heavy atom. The van der Waals surface area contributed by atoms with Crippen LogP contribution in [0.15, 0.2) is 25.3 Å². The van der Waals surface area contributed by atoms with Gasteiger partial charge in [-0.15, -0.1) is 0 Å². The zero-order valence-corrected chi connectivity index (χ0v) is 9.49. The first-order valence-corrected chi connectivity index (χ1v) is 4.54. The summed E-state index contributed by atoms with van der Waals surface area (Å²) in [6, 6.07) is 0. The Morgan fingerprint density at radius 2 is 1.53 bits per heavy atom. The fourth-order valence-corrected chi connectivity index (χ4v) is 1.30. The molecule has 15 heavy (non-hydrogen) atoms. The molecule has 84 valence electrons. The summed E-state index contributed by atoms with van der Waals surface area (Å²) < 4.78 is 0.287. The van der Waals surface area contributed by atoms with Crippen LogP contribution in [0.3, 0.4) is 0 Å². The van der Waals surface area contributed by atoms with Gasteiger partial charge in [0.25, 0.3) is 0 Å². The number of hydrogen-bond donors (Lipinski definition) is 1. The first kappa shape index (κ1) is 13.7. The van der Waals surface area contributed by atoms with Crippen LogP contribution >= 0.6 is 0 Å². The van der Waals surface area contributed by atoms with Gasteiger partial charge in [-0.3, -0.25) is 9.59 Å². The van der Waals surface area contributed by atoms with Crippen molar-refractivity contribution in [3.63, 3.8) is 0 Å². The predicted molar refractivity (Wildman–Crippen MR) is 58.3 cm³/mol. The molecule has 0 spiro atoms. The fraction of sp³-hybridized carbons (Fsp3) is 0.455. The normalized spacial score (nSPS) is 12.0. The average Bonchev–Trinajstić information content (AvgIpc) is 2.12. The zero-order chi connectivity index (χ0) is 12.3. The molecule has 0 heterocycles. The number of ketones is 2. The highest BCUT2D eigenvalue weighted by Gasteiger charge is 2.45. The molecule has 0 radical (unpaired) electrons. The maximum Gasteiger partial charge on any atom is 0.238 e. The van der Waals surface area contributed by atoms with Crippen LogP contribution in [0.4, 0.5) is 0 Å². The molecule has 0 fully saturated rings. The molecule has 0 saturated carbocycles. The topological polar surface area (TPSA) is 54.4 Å². The molecule has 4 heteroatoms. The van der Waals surface area contributed by atoms with Crippen molar-refractivity contribution in [2.24, 2.45) is 0 Å². The Balaban J connectivity index is 5.21. The summed E-state index contributed by atoms with van der Waals surface area (Å²) >= 11 is 0. The van der Waals surface area contributed by atoms with E-state index in [2.05, 4.69) is 13.2 Å². The van der Waals surface area contributed by atoms with E-state index in [0.717, 1.165) is 12.2 Å². The van der Waals surface area contributed by atoms with Crippen molar-refractivity contribution in [3.8, 4) is 0 Å². The van der Waals surface area contributed by atoms with Gasteiger partial charge in [0, 0.05) is 0 Å². The molecule has 0 bridgehead atoms. The molecule has 0 unspecified atom stereocenters. The third kappa shape index (κ3) is 3.42. The lowest BCUT2D eigenvalue weighted by Gasteiger charge is -2.32. The molecule has 4 nitrogen and oxygen atoms in total. The first-order chi connectivity index (χ1) is 6.67. The number of hydrogen-bond acceptors (Lipinski definition) is 3. The van der Waals surface area contributed by atoms with E-state index < -0.39 is 17.2 Å². The molecule has 0 aliphatic heterocycles. The molecule has 0 rings (SSSR count). The van der Waals surface area contributed by atoms with Crippen molar-refractivity contribution >= 4 is 11.6 Å². The SMILES string of the molecule is C=CC(=O)C(O)(C[N+](C)(C)C)C(=O)C=C. The van der Waals surface area contributed by atoms with E-state index in [4.69, 9.17) is 0 Å². The van der Waals surface area contributed by atoms with E-state index in [1.807, 2.05) is 0 Å². The summed E-state index contributed by atoms with van der Waals surface area (Å²) in [5, 5.41) is 10.0. The summed E-state index contributed by atoms with van der Waals surface area (Å²) in [6.07, 6.45) is 1.91. The van der Waals surface area contributed by atoms with Crippen LogP contribution in [-0.4, -0.2) is 54.4 Å². The molecule has 0 aromatic carbocycles. The van der Waals surface area contributed by atoms with Crippen molar-refractivity contribution in [2.75, 3.05) is 27.7 Å². The zero-order valence-electron chi connectivity index (χ0n) is 9.49. The summed E-state index contributed by atoms with van der Waals surface area (Å²) in [4.78, 5) is 22.9. The molecule has 0 aliphatic rings. The number of quaternary nitrogens is 1. The van der Waals surface area contributed by atoms with Gasteiger partial charge in [0.1, 0.15) is 6.54 Å². The van der Waals surface area contributed by atoms with E-state index >= 15 is 0 Å². The van der Waals surface area contributed by atoms with Crippen molar-refractivity contribution in [1.82, 2.24) is 0 Å². The molecular weight excluding hydrogens is 194 g/mol. The third-order valence-corrected chi connectivity index (χ3v) is 1.89. The number of carbonyl (C=O) groups excluding carboxylic acids is 2. The number of carbonyl (C=O) groups is 2. The minimum Gasteiger partial charge on any atom is -0.370 e. The molecule has 0 atom stereocenters. The van der Waals surface area contributed by atoms with Crippen LogP contribution in [0.2, 0.25) is 0 Å². The van der Waals surface area contributed by atoms with E-state index in [-0.39, 0.29) is 11.0 Å². The molecule has 0 aromatic rings. The van der Waals surface area contributed by atoms with Crippen LogP contribution in [0, 0.1) is 0 Å². The Kier molecular flexibility index (Phi) is 4.13. The largest absolute Gasteiger partial charge is 0.370 e. The van der Waals surface area contributed by atoms with Gasteiger partial charge in [-0.1, -0.05) is 13.2 Å². The minimum absolute atomic E-state index is 0.0112. The maximum atomic E-state index is 11.5. The minimum atomic E-state index is -2.04. The molecule has 0 amide bonds. The van der Waals surface area contributed by atoms with Gasteiger partial charge in [-0.2, -0.15) is 0 Å². The van der Waals surface area contributed by atoms with Gasteiger partial charge in [0.15, 0.2) is 0 Å². The summed E-state index contributed by atoms with van der Waals surface area (Å²) in [6.45, 7) is 6.53. The number of likely N-dealkylation sites (N-methyl/N-ethyl adjacent to an activating group) is 1. The van der Waals surface area contributed by atoms with Gasteiger partial charge in [-0.25, -0.2) is 0 Å². The number of aliphatic hydroxyl groups is 1. The monoisotopic (exact) mass is 212 g/mol. The Bertz CT molecular complexity index is 279. The van der Waals surface area contributed by atoms with Crippen molar-refractivity contribution in [2.45, 2.75) is 5.60 Å². The lowest BCUT2D eigenvalue weighted by Crippen LogP contribution is -2.57. The quantitative estimate of drug-likeness (QED) is 0.381. The maximum absolute atomic E-state index is 11.5. The molecule has 0 aromatic heterocycles. The molecular formula is C11H18NO3+. The second-order valence-electron chi connectivity index (χ2n) is 4.45. The van der Waals surface area contributed by atoms with Gasteiger partial charge in [0.2, 0.25) is 17.2 Å². The lowest BCUT2D eigenvalue weighted by molar-refractivity contribution is -0.874. The smallest absolute Gasteiger partial charge is 0.238 e. The predicted octanol–water partition coefficient (Wildman–Crippen LogP) is -0.0661. The van der Waals surface area contributed by atoms with E-state index in [0.29, 0.717) is 0 Å². The Labute approximate surface area is 90.1 Å². The van der Waals surface area contributed by atoms with Crippen molar-refractivity contribution < 1.29 is 19.2 Å². The van der Waals surface area contributed by atoms with Gasteiger partial charge in [0.05, 0.1) is 21.1 Å². The van der Waals surface area contributed by atoms with E-state index in [1.54, 1.807) is 21.1 Å². The highest BCUT2D eigenvalue weighted by Crippen LogP contribution is 2.14. The second kappa shape index (κ2) is 4.51. The standard InChI is InChI=1S/C11H18NO3/c1-6-9(13)11(15,10(14)7-2)8-12(3,4)5/h6-7,15H,1-2,8H2,3-5H3/q+1. The van der Waals surface area contributed by atoms with Crippen LogP contribution < -0.4 is 0 Å². The first-order valence-electron chi connectivity index (χ1n) is 4.54. The Morgan fingerprint density at radius 1 is 1.20 bits per heavy atom. The van der Waals surface area contributed by atoms with E-state index in [1.165, 1.54) is 0 Å². The van der Waals surface area contributed by atoms with Crippen LogP contribution in [0.1, 0.15) is 0 Å². The molecule has 0 saturated heterocycles. The third-order valence-electron chi connectivity index (χ3n) is 1.89. The molecule has 0 aliphatic carbocycles. The number of nitrogens with zero attached hydrogens (tertiary/aromatic N) is 1. The highest BCUT2D eigenvalue weighted by atomic mass is 16.3. The lowest BCUT2D eigenvalue weighted by atomic mass is 9.91. The number of rotatable bonds is 6. The molecule has 1 N–H and O–H groups in total. The van der Waals surface area contributed by atoms with Crippen LogP contribution in [-0.2, 0) is 9.59 Å². The average molecular weight is 212 g/mol. The van der Waals surface area contributed by atoms with Gasteiger partial charge in [-0.05, 0) is 12.2 Å². The Hall–Kier alpha value is -1.26. The van der Waals surface area contributed by atoms with Gasteiger partial charge < -0.3 is 9.59 Å². The van der Waals surface area contributed by atoms with Gasteiger partial charge >= 0.3 is 0 Å². The fourth-order valence-electron chi connectivity index (χ4n) is 1.30.